The maximum atomic E-state index is 13.4. The summed E-state index contributed by atoms with van der Waals surface area (Å²) in [7, 11) is 0. The fraction of sp³-hybridized carbons (Fsp3) is 0.475. The Labute approximate surface area is 312 Å². The predicted octanol–water partition coefficient (Wildman–Crippen LogP) is 10.6. The van der Waals surface area contributed by atoms with Gasteiger partial charge in [0.2, 0.25) is 0 Å². The number of aliphatic imine (C=N–C) groups is 1. The first-order valence-electron chi connectivity index (χ1n) is 17.9. The molecule has 1 aliphatic carbocycles. The number of allylic oxidation sites excluding steroid dienone is 3. The normalized spacial score (nSPS) is 15.3. The summed E-state index contributed by atoms with van der Waals surface area (Å²) in [5.41, 5.74) is 5.60. The van der Waals surface area contributed by atoms with E-state index in [2.05, 4.69) is 31.9 Å². The number of imidazole rings is 1. The third-order valence-electron chi connectivity index (χ3n) is 8.62. The number of hydrogen-bond donors (Lipinski definition) is 2. The number of ketones is 1. The lowest BCUT2D eigenvalue weighted by atomic mass is 9.70. The van der Waals surface area contributed by atoms with Crippen LogP contribution in [0.1, 0.15) is 127 Å². The van der Waals surface area contributed by atoms with E-state index in [1.54, 1.807) is 19.9 Å². The number of aliphatic hydroxyl groups is 1. The van der Waals surface area contributed by atoms with E-state index < -0.39 is 17.3 Å². The summed E-state index contributed by atoms with van der Waals surface area (Å²) in [5.74, 6) is 1.65. The number of aryl methyl sites for hydroxylation is 3. The van der Waals surface area contributed by atoms with E-state index in [9.17, 15) is 23.1 Å². The van der Waals surface area contributed by atoms with Crippen LogP contribution in [0.15, 0.2) is 65.0 Å². The van der Waals surface area contributed by atoms with Gasteiger partial charge >= 0.3 is 6.18 Å². The minimum Gasteiger partial charge on any atom is -0.508 e. The highest BCUT2D eigenvalue weighted by atomic mass is 32.1. The van der Waals surface area contributed by atoms with E-state index in [4.69, 9.17) is 27.5 Å². The van der Waals surface area contributed by atoms with Gasteiger partial charge in [-0.3, -0.25) is 10.2 Å². The Hall–Kier alpha value is -4.50. The number of nitrogens with zero attached hydrogens (tertiary/aromatic N) is 5. The Morgan fingerprint density at radius 2 is 1.87 bits per heavy atom. The van der Waals surface area contributed by atoms with E-state index >= 15 is 0 Å². The number of hydrogen-bond acceptors (Lipinski definition) is 7. The van der Waals surface area contributed by atoms with Gasteiger partial charge in [0.15, 0.2) is 11.6 Å². The first-order chi connectivity index (χ1) is 24.6. The zero-order chi connectivity index (χ0) is 39.4. The molecule has 1 saturated carbocycles. The van der Waals surface area contributed by atoms with Crippen LogP contribution in [0.2, 0.25) is 0 Å². The lowest BCUT2D eigenvalue weighted by molar-refractivity contribution is -0.137. The molecular weight excluding hydrogens is 686 g/mol. The van der Waals surface area contributed by atoms with Crippen molar-refractivity contribution >= 4 is 34.5 Å². The quantitative estimate of drug-likeness (QED) is 0.134. The second kappa shape index (κ2) is 19.4. The summed E-state index contributed by atoms with van der Waals surface area (Å²) in [6.07, 6.45) is 7.47. The predicted molar refractivity (Wildman–Crippen MR) is 208 cm³/mol. The number of carbonyl (C=O) groups is 1. The molecule has 2 aromatic rings. The van der Waals surface area contributed by atoms with Gasteiger partial charge in [-0.2, -0.15) is 18.4 Å². The van der Waals surface area contributed by atoms with E-state index in [-0.39, 0.29) is 17.1 Å². The van der Waals surface area contributed by atoms with E-state index in [1.165, 1.54) is 18.2 Å². The van der Waals surface area contributed by atoms with Crippen molar-refractivity contribution in [2.45, 2.75) is 125 Å². The molecule has 0 saturated heterocycles. The molecule has 1 aromatic carbocycles. The molecule has 8 nitrogen and oxygen atoms in total. The van der Waals surface area contributed by atoms with Crippen LogP contribution in [0.25, 0.3) is 5.70 Å². The zero-order valence-corrected chi connectivity index (χ0v) is 32.8. The van der Waals surface area contributed by atoms with Crippen molar-refractivity contribution in [3.05, 3.63) is 93.9 Å². The maximum Gasteiger partial charge on any atom is 0.417 e. The summed E-state index contributed by atoms with van der Waals surface area (Å²) in [4.78, 5) is 25.5. The number of Topliss-reactive ketones (excluding diaryl/α,β-unsaturated/α-hetero) is 1. The molecule has 0 spiro atoms. The van der Waals surface area contributed by atoms with Crippen LogP contribution in [-0.2, 0) is 17.4 Å². The van der Waals surface area contributed by atoms with Crippen molar-refractivity contribution in [3.8, 4) is 6.07 Å². The second-order valence-corrected chi connectivity index (χ2v) is 13.0. The number of aliphatic hydroxyl groups excluding tert-OH is 1. The van der Waals surface area contributed by atoms with Crippen molar-refractivity contribution in [2.24, 2.45) is 4.99 Å². The van der Waals surface area contributed by atoms with Crippen LogP contribution in [0, 0.1) is 25.2 Å². The van der Waals surface area contributed by atoms with Crippen LogP contribution in [0.4, 0.5) is 13.2 Å². The molecule has 2 heterocycles. The van der Waals surface area contributed by atoms with Crippen molar-refractivity contribution < 1.29 is 23.1 Å². The Kier molecular flexibility index (Phi) is 16.3. The number of rotatable bonds is 11. The molecule has 12 heteroatoms. The molecule has 0 unspecified atom stereocenters. The number of amidine groups is 1. The Morgan fingerprint density at radius 3 is 2.35 bits per heavy atom. The molecule has 2 aliphatic rings. The summed E-state index contributed by atoms with van der Waals surface area (Å²) in [6.45, 7) is 21.5. The smallest absolute Gasteiger partial charge is 0.417 e. The molecule has 0 radical (unpaired) electrons. The van der Waals surface area contributed by atoms with Crippen LogP contribution in [0.3, 0.4) is 0 Å². The van der Waals surface area contributed by atoms with E-state index in [0.29, 0.717) is 34.1 Å². The fourth-order valence-corrected chi connectivity index (χ4v) is 6.47. The number of aromatic nitrogens is 2. The maximum absolute atomic E-state index is 13.4. The Balaban J connectivity index is 0.000000522. The van der Waals surface area contributed by atoms with Crippen LogP contribution in [0.5, 0.6) is 0 Å². The number of fused-ring (bicyclic) bond motifs is 1. The topological polar surface area (TPSA) is 107 Å². The molecular formula is C40H53F3N6O2S. The van der Waals surface area contributed by atoms with Gasteiger partial charge in [-0.05, 0) is 90.5 Å². The summed E-state index contributed by atoms with van der Waals surface area (Å²) < 4.78 is 38.7. The van der Waals surface area contributed by atoms with Gasteiger partial charge in [0.1, 0.15) is 22.8 Å². The minimum atomic E-state index is -4.45. The van der Waals surface area contributed by atoms with Gasteiger partial charge in [-0.25, -0.2) is 14.7 Å². The van der Waals surface area contributed by atoms with Crippen LogP contribution < -0.4 is 5.43 Å². The molecule has 4 rings (SSSR count). The average Bonchev–Trinajstić information content (AvgIpc) is 3.40. The van der Waals surface area contributed by atoms with Crippen LogP contribution >= 0.6 is 12.2 Å². The van der Waals surface area contributed by atoms with Crippen molar-refractivity contribution in [2.75, 3.05) is 5.43 Å². The first kappa shape index (κ1) is 43.7. The van der Waals surface area contributed by atoms with Crippen molar-refractivity contribution in [1.82, 2.24) is 14.6 Å². The summed E-state index contributed by atoms with van der Waals surface area (Å²) in [5, 5.41) is 19.5. The number of benzene rings is 1. The number of carbonyl (C=O) groups excluding carboxylic acids is 1. The molecule has 0 amide bonds. The highest BCUT2D eigenvalue weighted by Gasteiger charge is 2.49. The lowest BCUT2D eigenvalue weighted by Crippen LogP contribution is -2.59. The second-order valence-electron chi connectivity index (χ2n) is 12.4. The molecule has 0 bridgehead atoms. The standard InChI is InChI=1S/C29H41N5O2S.C9H6F3N.C2H6/c1-8-13-22(33(21(7)37)29(16-12-17-29)25(36)14-9-2)18-23(24(35)11-4)28-31-20(6)27-19(5)30-26(15-10-3)34(27)32-28;1-6-2-3-7(5-13)8(4-6)9(10,11)12;1-2/h11,13,18,35H,6,8-10,12,14-17H2,1-5,7H3,(H,31,32);2-4H,1H3;1-2H3/b22-13-,23-18+,24-11+;;. The van der Waals surface area contributed by atoms with Gasteiger partial charge in [0.25, 0.3) is 0 Å². The van der Waals surface area contributed by atoms with Crippen molar-refractivity contribution in [3.63, 3.8) is 0 Å². The molecule has 0 atom stereocenters. The highest BCUT2D eigenvalue weighted by molar-refractivity contribution is 7.80. The molecule has 1 aliphatic heterocycles. The Bertz CT molecular complexity index is 1790. The molecule has 52 heavy (non-hydrogen) atoms. The van der Waals surface area contributed by atoms with Gasteiger partial charge in [0.05, 0.1) is 39.1 Å². The van der Waals surface area contributed by atoms with Gasteiger partial charge < -0.3 is 10.0 Å². The third kappa shape index (κ3) is 9.88. The lowest BCUT2D eigenvalue weighted by Gasteiger charge is -2.50. The molecule has 2 N–H and O–H groups in total. The summed E-state index contributed by atoms with van der Waals surface area (Å²) >= 11 is 5.74. The van der Waals surface area contributed by atoms with Gasteiger partial charge in [-0.1, -0.05) is 71.1 Å². The first-order valence-corrected chi connectivity index (χ1v) is 18.3. The number of nitrogens with one attached hydrogen (secondary N) is 1. The highest BCUT2D eigenvalue weighted by Crippen LogP contribution is 2.43. The number of nitriles is 1. The third-order valence-corrected chi connectivity index (χ3v) is 8.80. The van der Waals surface area contributed by atoms with Crippen LogP contribution in [-0.4, -0.2) is 41.8 Å². The number of thiocarbonyl (C=S) groups is 1. The average molecular weight is 739 g/mol. The van der Waals surface area contributed by atoms with E-state index in [0.717, 1.165) is 73.9 Å². The molecule has 1 aromatic heterocycles. The summed E-state index contributed by atoms with van der Waals surface area (Å²) in [6, 6.07) is 5.14. The molecule has 282 valence electrons. The molecule has 1 fully saturated rings. The van der Waals surface area contributed by atoms with Crippen molar-refractivity contribution in [1.29, 1.82) is 5.26 Å². The monoisotopic (exact) mass is 738 g/mol. The largest absolute Gasteiger partial charge is 0.508 e. The Morgan fingerprint density at radius 1 is 1.21 bits per heavy atom. The number of alkyl halides is 3. The van der Waals surface area contributed by atoms with Gasteiger partial charge in [-0.15, -0.1) is 0 Å². The minimum absolute atomic E-state index is 0.0721. The zero-order valence-electron chi connectivity index (χ0n) is 32.0. The van der Waals surface area contributed by atoms with E-state index in [1.807, 2.05) is 50.3 Å². The van der Waals surface area contributed by atoms with Gasteiger partial charge in [0, 0.05) is 18.5 Å². The SMILES string of the molecule is C=C1N=C(C(=C/C(=C/CC)N(C(C)=S)C2(C(=O)CCC)CCC2)/C(O)=C\C)Nn2c(CCC)nc(C)c21.CC.Cc1ccc(C#N)c(C(F)(F)F)c1. The fourth-order valence-electron chi connectivity index (χ4n) is 6.19. The number of halogens is 3.